The Balaban J connectivity index is 3.12. The van der Waals surface area contributed by atoms with Gasteiger partial charge in [-0.2, -0.15) is 0 Å². The van der Waals surface area contributed by atoms with Gasteiger partial charge in [0.2, 0.25) is 0 Å². The van der Waals surface area contributed by atoms with E-state index in [1.54, 1.807) is 18.2 Å². The van der Waals surface area contributed by atoms with Gasteiger partial charge in [-0.15, -0.1) is 0 Å². The predicted molar refractivity (Wildman–Crippen MR) is 73.4 cm³/mol. The first-order valence-corrected chi connectivity index (χ1v) is 5.76. The number of carbonyl (C=O) groups excluding carboxylic acids is 1. The summed E-state index contributed by atoms with van der Waals surface area (Å²) in [5.74, 6) is -1.06. The van der Waals surface area contributed by atoms with Crippen LogP contribution in [0.1, 0.15) is 19.4 Å². The number of amides is 2. The second kappa shape index (κ2) is 6.44. The molecule has 0 aliphatic carbocycles. The summed E-state index contributed by atoms with van der Waals surface area (Å²) in [7, 11) is 0. The molecule has 2 amide bonds. The minimum atomic E-state index is -1.06. The van der Waals surface area contributed by atoms with Crippen molar-refractivity contribution in [3.05, 3.63) is 35.9 Å². The summed E-state index contributed by atoms with van der Waals surface area (Å²) in [6.45, 7) is 3.34. The molecule has 1 aromatic rings. The van der Waals surface area contributed by atoms with E-state index in [-0.39, 0.29) is 0 Å². The smallest absolute Gasteiger partial charge is 0.331 e. The maximum absolute atomic E-state index is 11.1. The minimum absolute atomic E-state index is 0.546. The van der Waals surface area contributed by atoms with Crippen LogP contribution in [-0.4, -0.2) is 23.1 Å². The Kier molecular flexibility index (Phi) is 4.93. The highest BCUT2D eigenvalue weighted by atomic mass is 16.4. The lowest BCUT2D eigenvalue weighted by molar-refractivity contribution is -0.138. The van der Waals surface area contributed by atoms with Gasteiger partial charge in [0.15, 0.2) is 0 Å². The highest BCUT2D eigenvalue weighted by Crippen LogP contribution is 2.18. The molecule has 0 saturated heterocycles. The monoisotopic (exact) mass is 263 g/mol. The average Bonchev–Trinajstić information content (AvgIpc) is 2.35. The van der Waals surface area contributed by atoms with Gasteiger partial charge < -0.3 is 10.8 Å². The van der Waals surface area contributed by atoms with Gasteiger partial charge in [0.1, 0.15) is 6.04 Å². The maximum atomic E-state index is 11.1. The predicted octanol–water partition coefficient (Wildman–Crippen LogP) is 1.58. The first kappa shape index (κ1) is 14.6. The SMILES string of the molecule is CC=Cc1cccc(N(NC(N)=O)C(C)C(=O)O)c1. The average molecular weight is 263 g/mol. The number of nitrogens with two attached hydrogens (primary N) is 1. The number of carboxylic acid groups (broad SMARTS) is 1. The number of hydrazine groups is 1. The third kappa shape index (κ3) is 4.02. The molecule has 6 nitrogen and oxygen atoms in total. The van der Waals surface area contributed by atoms with E-state index in [9.17, 15) is 9.59 Å². The Morgan fingerprint density at radius 1 is 1.47 bits per heavy atom. The number of carbonyl (C=O) groups is 2. The molecular weight excluding hydrogens is 246 g/mol. The van der Waals surface area contributed by atoms with Gasteiger partial charge in [-0.1, -0.05) is 24.3 Å². The highest BCUT2D eigenvalue weighted by molar-refractivity contribution is 5.81. The summed E-state index contributed by atoms with van der Waals surface area (Å²) in [5, 5.41) is 10.3. The molecule has 0 aliphatic heterocycles. The van der Waals surface area contributed by atoms with Crippen molar-refractivity contribution in [3.8, 4) is 0 Å². The number of nitrogens with zero attached hydrogens (tertiary/aromatic N) is 1. The van der Waals surface area contributed by atoms with Crippen molar-refractivity contribution in [3.63, 3.8) is 0 Å². The minimum Gasteiger partial charge on any atom is -0.480 e. The first-order chi connectivity index (χ1) is 8.95. The lowest BCUT2D eigenvalue weighted by Crippen LogP contribution is -2.52. The van der Waals surface area contributed by atoms with Gasteiger partial charge in [0, 0.05) is 0 Å². The lowest BCUT2D eigenvalue weighted by atomic mass is 10.1. The Bertz CT molecular complexity index is 500. The number of benzene rings is 1. The van der Waals surface area contributed by atoms with Crippen molar-refractivity contribution in [1.29, 1.82) is 0 Å². The van der Waals surface area contributed by atoms with E-state index in [1.165, 1.54) is 11.9 Å². The molecule has 1 unspecified atom stereocenters. The van der Waals surface area contributed by atoms with Gasteiger partial charge >= 0.3 is 12.0 Å². The largest absolute Gasteiger partial charge is 0.480 e. The van der Waals surface area contributed by atoms with Crippen molar-refractivity contribution >= 4 is 23.8 Å². The fourth-order valence-corrected chi connectivity index (χ4v) is 1.58. The van der Waals surface area contributed by atoms with Crippen LogP contribution in [0.25, 0.3) is 6.08 Å². The highest BCUT2D eigenvalue weighted by Gasteiger charge is 2.22. The normalized spacial score (nSPS) is 12.1. The summed E-state index contributed by atoms with van der Waals surface area (Å²) in [6, 6.07) is 5.35. The van der Waals surface area contributed by atoms with Gasteiger partial charge in [-0.3, -0.25) is 5.01 Å². The fraction of sp³-hybridized carbons (Fsp3) is 0.231. The summed E-state index contributed by atoms with van der Waals surface area (Å²) in [4.78, 5) is 22.0. The third-order valence-electron chi connectivity index (χ3n) is 2.48. The molecule has 6 heteroatoms. The van der Waals surface area contributed by atoms with Crippen molar-refractivity contribution in [1.82, 2.24) is 5.43 Å². The molecule has 4 N–H and O–H groups in total. The quantitative estimate of drug-likeness (QED) is 0.703. The molecule has 102 valence electrons. The summed E-state index contributed by atoms with van der Waals surface area (Å²) >= 11 is 0. The van der Waals surface area contributed by atoms with E-state index in [0.29, 0.717) is 5.69 Å². The van der Waals surface area contributed by atoms with Crippen LogP contribution in [0, 0.1) is 0 Å². The van der Waals surface area contributed by atoms with E-state index in [2.05, 4.69) is 5.43 Å². The Labute approximate surface area is 111 Å². The fourth-order valence-electron chi connectivity index (χ4n) is 1.58. The molecule has 1 rings (SSSR count). The molecule has 0 aliphatic rings. The van der Waals surface area contributed by atoms with Crippen LogP contribution in [0.5, 0.6) is 0 Å². The second-order valence-corrected chi connectivity index (χ2v) is 3.96. The summed E-state index contributed by atoms with van der Waals surface area (Å²) in [6.07, 6.45) is 3.74. The molecule has 19 heavy (non-hydrogen) atoms. The number of hydrogen-bond acceptors (Lipinski definition) is 3. The van der Waals surface area contributed by atoms with Gasteiger partial charge in [-0.25, -0.2) is 15.0 Å². The lowest BCUT2D eigenvalue weighted by Gasteiger charge is -2.28. The Hall–Kier alpha value is -2.50. The van der Waals surface area contributed by atoms with Crippen molar-refractivity contribution < 1.29 is 14.7 Å². The number of carboxylic acids is 1. The number of allylic oxidation sites excluding steroid dienone is 1. The molecule has 0 saturated carbocycles. The van der Waals surface area contributed by atoms with E-state index in [0.717, 1.165) is 5.56 Å². The molecule has 0 spiro atoms. The molecular formula is C13H17N3O3. The van der Waals surface area contributed by atoms with Crippen LogP contribution in [-0.2, 0) is 4.79 Å². The second-order valence-electron chi connectivity index (χ2n) is 3.96. The molecule has 1 atom stereocenters. The molecule has 0 fully saturated rings. The van der Waals surface area contributed by atoms with Crippen LogP contribution in [0.15, 0.2) is 30.3 Å². The maximum Gasteiger partial charge on any atom is 0.331 e. The van der Waals surface area contributed by atoms with Crippen molar-refractivity contribution in [2.24, 2.45) is 5.73 Å². The number of hydrogen-bond donors (Lipinski definition) is 3. The number of rotatable bonds is 5. The topological polar surface area (TPSA) is 95.7 Å². The van der Waals surface area contributed by atoms with Crippen LogP contribution in [0.2, 0.25) is 0 Å². The molecule has 0 radical (unpaired) electrons. The number of urea groups is 1. The van der Waals surface area contributed by atoms with E-state index < -0.39 is 18.0 Å². The zero-order valence-corrected chi connectivity index (χ0v) is 10.8. The zero-order chi connectivity index (χ0) is 14.4. The van der Waals surface area contributed by atoms with Crippen LogP contribution in [0.4, 0.5) is 10.5 Å². The Morgan fingerprint density at radius 3 is 2.68 bits per heavy atom. The van der Waals surface area contributed by atoms with Crippen LogP contribution >= 0.6 is 0 Å². The first-order valence-electron chi connectivity index (χ1n) is 5.76. The van der Waals surface area contributed by atoms with Crippen LogP contribution < -0.4 is 16.2 Å². The standard InChI is InChI=1S/C13H17N3O3/c1-3-5-10-6-4-7-11(8-10)16(15-13(14)19)9(2)12(17)18/h3-9H,1-2H3,(H,17,18)(H3,14,15,19). The number of aliphatic carboxylic acids is 1. The van der Waals surface area contributed by atoms with Gasteiger partial charge in [-0.05, 0) is 31.5 Å². The summed E-state index contributed by atoms with van der Waals surface area (Å²) in [5.41, 5.74) is 8.82. The van der Waals surface area contributed by atoms with Gasteiger partial charge in [0.05, 0.1) is 5.69 Å². The van der Waals surface area contributed by atoms with E-state index in [4.69, 9.17) is 10.8 Å². The van der Waals surface area contributed by atoms with Gasteiger partial charge in [0.25, 0.3) is 0 Å². The molecule has 1 aromatic carbocycles. The number of anilines is 1. The van der Waals surface area contributed by atoms with E-state index in [1.807, 2.05) is 25.1 Å². The van der Waals surface area contributed by atoms with Crippen molar-refractivity contribution in [2.75, 3.05) is 5.01 Å². The summed E-state index contributed by atoms with van der Waals surface area (Å²) < 4.78 is 0. The zero-order valence-electron chi connectivity index (χ0n) is 10.8. The van der Waals surface area contributed by atoms with Crippen LogP contribution in [0.3, 0.4) is 0 Å². The Morgan fingerprint density at radius 2 is 2.16 bits per heavy atom. The number of nitrogens with one attached hydrogen (secondary N) is 1. The van der Waals surface area contributed by atoms with E-state index >= 15 is 0 Å². The van der Waals surface area contributed by atoms with Crippen molar-refractivity contribution in [2.45, 2.75) is 19.9 Å². The third-order valence-corrected chi connectivity index (χ3v) is 2.48. The molecule has 0 aromatic heterocycles. The number of primary amides is 1. The molecule has 0 bridgehead atoms. The molecule has 0 heterocycles.